The van der Waals surface area contributed by atoms with Crippen LogP contribution in [0, 0.1) is 0 Å². The first kappa shape index (κ1) is 24.8. The van der Waals surface area contributed by atoms with Crippen LogP contribution in [0.2, 0.25) is 0 Å². The molecule has 0 saturated heterocycles. The van der Waals surface area contributed by atoms with Gasteiger partial charge in [0.25, 0.3) is 0 Å². The number of nitrogens with zero attached hydrogens (tertiary/aromatic N) is 1. The van der Waals surface area contributed by atoms with E-state index < -0.39 is 13.1 Å². The zero-order valence-corrected chi connectivity index (χ0v) is 21.1. The Hall–Kier alpha value is -1.81. The molecule has 0 radical (unpaired) electrons. The minimum atomic E-state index is -4.36. The second kappa shape index (κ2) is 8.52. The van der Waals surface area contributed by atoms with E-state index in [1.807, 2.05) is 76.8 Å². The molecule has 0 aromatic heterocycles. The highest BCUT2D eigenvalue weighted by molar-refractivity contribution is 7.51. The van der Waals surface area contributed by atoms with Gasteiger partial charge >= 0.3 is 7.60 Å². The molecular weight excluding hydrogens is 421 g/mol. The average Bonchev–Trinajstić information content (AvgIpc) is 3.15. The van der Waals surface area contributed by atoms with Gasteiger partial charge in [0.15, 0.2) is 0 Å². The molecule has 0 spiro atoms. The van der Waals surface area contributed by atoms with Crippen LogP contribution in [-0.4, -0.2) is 21.2 Å². The van der Waals surface area contributed by atoms with E-state index in [1.54, 1.807) is 0 Å². The van der Waals surface area contributed by atoms with Gasteiger partial charge in [-0.3, -0.25) is 4.57 Å². The summed E-state index contributed by atoms with van der Waals surface area (Å²) in [6, 6.07) is 13.9. The molecule has 3 rings (SSSR count). The maximum absolute atomic E-state index is 12.4. The highest BCUT2D eigenvalue weighted by Crippen LogP contribution is 2.52. The second-order valence-electron chi connectivity index (χ2n) is 11.2. The summed E-state index contributed by atoms with van der Waals surface area (Å²) < 4.78 is 12.4. The molecule has 2 aromatic carbocycles. The highest BCUT2D eigenvalue weighted by atomic mass is 31.2. The van der Waals surface area contributed by atoms with Crippen LogP contribution in [0.5, 0.6) is 5.75 Å². The number of hydrogen-bond acceptors (Lipinski definition) is 3. The maximum atomic E-state index is 12.4. The van der Waals surface area contributed by atoms with Crippen molar-refractivity contribution in [3.63, 3.8) is 0 Å². The van der Waals surface area contributed by atoms with Gasteiger partial charge in [-0.25, -0.2) is 0 Å². The van der Waals surface area contributed by atoms with Crippen LogP contribution < -0.4 is 4.90 Å². The quantitative estimate of drug-likeness (QED) is 0.451. The molecule has 0 bridgehead atoms. The molecule has 2 aromatic rings. The topological polar surface area (TPSA) is 81.0 Å². The minimum absolute atomic E-state index is 0.269. The summed E-state index contributed by atoms with van der Waals surface area (Å²) in [6.45, 7) is 12.3. The fourth-order valence-electron chi connectivity index (χ4n) is 4.99. The maximum Gasteiger partial charge on any atom is 0.344 e. The first-order valence-electron chi connectivity index (χ1n) is 11.4. The summed E-state index contributed by atoms with van der Waals surface area (Å²) in [6.07, 6.45) is 3.30. The van der Waals surface area contributed by atoms with Crippen LogP contribution in [-0.2, 0) is 20.9 Å². The monoisotopic (exact) mass is 459 g/mol. The molecule has 1 aliphatic rings. The molecule has 3 N–H and O–H groups in total. The van der Waals surface area contributed by atoms with Gasteiger partial charge in [-0.1, -0.05) is 84.7 Å². The first-order chi connectivity index (χ1) is 14.7. The highest BCUT2D eigenvalue weighted by Gasteiger charge is 2.44. The van der Waals surface area contributed by atoms with Crippen molar-refractivity contribution in [1.82, 2.24) is 0 Å². The number of hydrogen-bond donors (Lipinski definition) is 3. The van der Waals surface area contributed by atoms with E-state index in [1.165, 1.54) is 0 Å². The summed E-state index contributed by atoms with van der Waals surface area (Å²) in [7, 11) is -4.36. The van der Waals surface area contributed by atoms with Crippen molar-refractivity contribution in [2.45, 2.75) is 83.6 Å². The molecule has 0 heterocycles. The van der Waals surface area contributed by atoms with E-state index in [2.05, 4.69) is 12.1 Å². The lowest BCUT2D eigenvalue weighted by Gasteiger charge is -2.44. The molecule has 0 aliphatic heterocycles. The molecule has 0 atom stereocenters. The molecule has 1 fully saturated rings. The van der Waals surface area contributed by atoms with Crippen LogP contribution in [0.15, 0.2) is 42.5 Å². The Bertz CT molecular complexity index is 958. The normalized spacial score (nSPS) is 16.9. The Labute approximate surface area is 192 Å². The van der Waals surface area contributed by atoms with Gasteiger partial charge in [0.2, 0.25) is 0 Å². The first-order valence-corrected chi connectivity index (χ1v) is 13.2. The molecule has 6 heteroatoms. The van der Waals surface area contributed by atoms with Gasteiger partial charge in [0, 0.05) is 16.8 Å². The minimum Gasteiger partial charge on any atom is -0.507 e. The van der Waals surface area contributed by atoms with Gasteiger partial charge in [-0.05, 0) is 41.4 Å². The van der Waals surface area contributed by atoms with Gasteiger partial charge in [0.1, 0.15) is 12.0 Å². The van der Waals surface area contributed by atoms with E-state index >= 15 is 0 Å². The van der Waals surface area contributed by atoms with Gasteiger partial charge in [0.05, 0.1) is 5.54 Å². The van der Waals surface area contributed by atoms with Crippen molar-refractivity contribution in [1.29, 1.82) is 0 Å². The van der Waals surface area contributed by atoms with E-state index in [4.69, 9.17) is 0 Å². The van der Waals surface area contributed by atoms with Crippen molar-refractivity contribution in [3.05, 3.63) is 59.2 Å². The molecule has 0 unspecified atom stereocenters. The summed E-state index contributed by atoms with van der Waals surface area (Å²) >= 11 is 0. The van der Waals surface area contributed by atoms with E-state index in [-0.39, 0.29) is 22.9 Å². The van der Waals surface area contributed by atoms with Gasteiger partial charge < -0.3 is 19.8 Å². The van der Waals surface area contributed by atoms with E-state index in [0.29, 0.717) is 0 Å². The lowest BCUT2D eigenvalue weighted by molar-refractivity contribution is 0.354. The SMILES string of the molecule is CC(C)(C)c1cc(N(CP(=O)(O)O)C2(c3ccccc3)CCCC2)cc(C(C)(C)C)c1O. The Morgan fingerprint density at radius 3 is 1.78 bits per heavy atom. The summed E-state index contributed by atoms with van der Waals surface area (Å²) in [5.74, 6) is 0.269. The van der Waals surface area contributed by atoms with E-state index in [9.17, 15) is 19.5 Å². The van der Waals surface area contributed by atoms with Crippen LogP contribution >= 0.6 is 7.60 Å². The molecule has 1 saturated carbocycles. The second-order valence-corrected chi connectivity index (χ2v) is 12.8. The van der Waals surface area contributed by atoms with Crippen LogP contribution in [0.1, 0.15) is 83.9 Å². The zero-order chi connectivity index (χ0) is 23.9. The summed E-state index contributed by atoms with van der Waals surface area (Å²) in [5, 5.41) is 11.2. The number of phenolic OH excluding ortho intramolecular Hbond substituents is 1. The predicted molar refractivity (Wildman–Crippen MR) is 131 cm³/mol. The third-order valence-corrected chi connectivity index (χ3v) is 7.26. The standard InChI is InChI=1S/C26H38NO4P/c1-24(2,3)21-16-20(17-22(23(21)28)25(4,5)6)27(18-32(29,30)31)26(14-10-11-15-26)19-12-8-7-9-13-19/h7-9,12-13,16-17,28H,10-11,14-15,18H2,1-6H3,(H2,29,30,31). The van der Waals surface area contributed by atoms with Crippen LogP contribution in [0.4, 0.5) is 5.69 Å². The van der Waals surface area contributed by atoms with Crippen LogP contribution in [0.25, 0.3) is 0 Å². The van der Waals surface area contributed by atoms with Gasteiger partial charge in [-0.15, -0.1) is 0 Å². The Balaban J connectivity index is 2.33. The van der Waals surface area contributed by atoms with E-state index in [0.717, 1.165) is 48.1 Å². The van der Waals surface area contributed by atoms with Gasteiger partial charge in [-0.2, -0.15) is 0 Å². The van der Waals surface area contributed by atoms with Crippen LogP contribution in [0.3, 0.4) is 0 Å². The van der Waals surface area contributed by atoms with Crippen molar-refractivity contribution in [2.75, 3.05) is 11.2 Å². The summed E-state index contributed by atoms with van der Waals surface area (Å²) in [5.41, 5.74) is 2.26. The smallest absolute Gasteiger partial charge is 0.344 e. The molecular formula is C26H38NO4P. The third-order valence-electron chi connectivity index (χ3n) is 6.61. The molecule has 176 valence electrons. The Kier molecular flexibility index (Phi) is 6.61. The zero-order valence-electron chi connectivity index (χ0n) is 20.2. The summed E-state index contributed by atoms with van der Waals surface area (Å²) in [4.78, 5) is 22.1. The lowest BCUT2D eigenvalue weighted by atomic mass is 9.78. The number of rotatable bonds is 5. The lowest BCUT2D eigenvalue weighted by Crippen LogP contribution is -2.45. The number of phenols is 1. The molecule has 1 aliphatic carbocycles. The third kappa shape index (κ3) is 5.06. The largest absolute Gasteiger partial charge is 0.507 e. The molecule has 5 nitrogen and oxygen atoms in total. The number of benzene rings is 2. The average molecular weight is 460 g/mol. The number of anilines is 1. The fourth-order valence-corrected chi connectivity index (χ4v) is 5.79. The predicted octanol–water partition coefficient (Wildman–Crippen LogP) is 6.40. The fraction of sp³-hybridized carbons (Fsp3) is 0.538. The Morgan fingerprint density at radius 1 is 0.906 bits per heavy atom. The van der Waals surface area contributed by atoms with Crippen molar-refractivity contribution in [2.24, 2.45) is 0 Å². The van der Waals surface area contributed by atoms with Crippen molar-refractivity contribution in [3.8, 4) is 5.75 Å². The van der Waals surface area contributed by atoms with Crippen molar-refractivity contribution < 1.29 is 19.5 Å². The Morgan fingerprint density at radius 2 is 1.38 bits per heavy atom. The molecule has 32 heavy (non-hydrogen) atoms. The van der Waals surface area contributed by atoms with Crippen molar-refractivity contribution >= 4 is 13.3 Å². The molecule has 0 amide bonds. The number of aromatic hydroxyl groups is 1.